The Balaban J connectivity index is 2.46. The highest BCUT2D eigenvalue weighted by molar-refractivity contribution is 5.37. The summed E-state index contributed by atoms with van der Waals surface area (Å²) in [5, 5.41) is 3.54. The minimum Gasteiger partial charge on any atom is -0.316 e. The van der Waals surface area contributed by atoms with Crippen LogP contribution in [0.4, 0.5) is 0 Å². The molecule has 1 nitrogen and oxygen atoms in total. The van der Waals surface area contributed by atoms with Gasteiger partial charge in [0.05, 0.1) is 0 Å². The highest BCUT2D eigenvalue weighted by Gasteiger charge is 2.09. The second-order valence-corrected chi connectivity index (χ2v) is 6.57. The van der Waals surface area contributed by atoms with Gasteiger partial charge in [-0.2, -0.15) is 0 Å². The Morgan fingerprint density at radius 2 is 1.58 bits per heavy atom. The number of benzene rings is 1. The van der Waals surface area contributed by atoms with Crippen molar-refractivity contribution >= 4 is 0 Å². The fraction of sp³-hybridized carbons (Fsp3) is 0.667. The fourth-order valence-electron chi connectivity index (χ4n) is 2.72. The molecule has 1 N–H and O–H groups in total. The largest absolute Gasteiger partial charge is 0.316 e. The molecule has 0 heterocycles. The van der Waals surface area contributed by atoms with Gasteiger partial charge in [0.1, 0.15) is 0 Å². The van der Waals surface area contributed by atoms with E-state index in [1.54, 1.807) is 5.56 Å². The van der Waals surface area contributed by atoms with Crippen LogP contribution in [0.25, 0.3) is 0 Å². The molecule has 1 aromatic carbocycles. The average molecular weight is 261 g/mol. The molecule has 0 aliphatic heterocycles. The van der Waals surface area contributed by atoms with Crippen molar-refractivity contribution in [2.75, 3.05) is 13.1 Å². The van der Waals surface area contributed by atoms with Crippen molar-refractivity contribution in [3.63, 3.8) is 0 Å². The van der Waals surface area contributed by atoms with Crippen molar-refractivity contribution in [3.05, 3.63) is 34.4 Å². The zero-order valence-corrected chi connectivity index (χ0v) is 13.6. The molecular weight excluding hydrogens is 230 g/mol. The first-order chi connectivity index (χ1) is 8.90. The van der Waals surface area contributed by atoms with Gasteiger partial charge >= 0.3 is 0 Å². The molecule has 1 unspecified atom stereocenters. The van der Waals surface area contributed by atoms with Crippen LogP contribution in [0.15, 0.2) is 12.1 Å². The highest BCUT2D eigenvalue weighted by atomic mass is 14.8. The van der Waals surface area contributed by atoms with Crippen LogP contribution >= 0.6 is 0 Å². The molecule has 0 fully saturated rings. The van der Waals surface area contributed by atoms with Crippen LogP contribution < -0.4 is 5.32 Å². The molecule has 19 heavy (non-hydrogen) atoms. The minimum atomic E-state index is 0.747. The molecule has 0 radical (unpaired) electrons. The quantitative estimate of drug-likeness (QED) is 0.716. The van der Waals surface area contributed by atoms with E-state index in [9.17, 15) is 0 Å². The summed E-state index contributed by atoms with van der Waals surface area (Å²) in [7, 11) is 0. The smallest absolute Gasteiger partial charge is 0.00258 e. The molecule has 1 heteroatoms. The lowest BCUT2D eigenvalue weighted by atomic mass is 9.91. The van der Waals surface area contributed by atoms with E-state index in [2.05, 4.69) is 59.0 Å². The second kappa shape index (κ2) is 7.69. The van der Waals surface area contributed by atoms with Crippen molar-refractivity contribution < 1.29 is 0 Å². The molecular formula is C18H31N. The van der Waals surface area contributed by atoms with Gasteiger partial charge in [0.25, 0.3) is 0 Å². The highest BCUT2D eigenvalue weighted by Crippen LogP contribution is 2.21. The Hall–Kier alpha value is -0.820. The van der Waals surface area contributed by atoms with Crippen LogP contribution in [0, 0.1) is 32.6 Å². The zero-order chi connectivity index (χ0) is 14.4. The van der Waals surface area contributed by atoms with Gasteiger partial charge in [-0.05, 0) is 75.2 Å². The van der Waals surface area contributed by atoms with Gasteiger partial charge in [-0.1, -0.05) is 38.5 Å². The molecule has 1 aromatic rings. The lowest BCUT2D eigenvalue weighted by molar-refractivity contribution is 0.473. The van der Waals surface area contributed by atoms with Crippen molar-refractivity contribution in [1.82, 2.24) is 5.32 Å². The topological polar surface area (TPSA) is 12.0 Å². The molecule has 1 rings (SSSR count). The van der Waals surface area contributed by atoms with Gasteiger partial charge in [0.2, 0.25) is 0 Å². The summed E-state index contributed by atoms with van der Waals surface area (Å²) in [4.78, 5) is 0. The summed E-state index contributed by atoms with van der Waals surface area (Å²) >= 11 is 0. The van der Waals surface area contributed by atoms with Gasteiger partial charge in [-0.25, -0.2) is 0 Å². The van der Waals surface area contributed by atoms with Crippen LogP contribution in [0.5, 0.6) is 0 Å². The van der Waals surface area contributed by atoms with E-state index in [4.69, 9.17) is 0 Å². The normalized spacial score (nSPS) is 13.0. The third-order valence-electron chi connectivity index (χ3n) is 3.76. The average Bonchev–Trinajstić information content (AvgIpc) is 2.29. The van der Waals surface area contributed by atoms with E-state index in [1.165, 1.54) is 29.5 Å². The number of hydrogen-bond donors (Lipinski definition) is 1. The third-order valence-corrected chi connectivity index (χ3v) is 3.76. The van der Waals surface area contributed by atoms with Gasteiger partial charge in [-0.15, -0.1) is 0 Å². The van der Waals surface area contributed by atoms with Gasteiger partial charge in [-0.3, -0.25) is 0 Å². The maximum atomic E-state index is 3.54. The minimum absolute atomic E-state index is 0.747. The number of rotatable bonds is 7. The zero-order valence-electron chi connectivity index (χ0n) is 13.6. The van der Waals surface area contributed by atoms with E-state index in [1.807, 2.05) is 0 Å². The summed E-state index contributed by atoms with van der Waals surface area (Å²) in [5.41, 5.74) is 5.85. The predicted octanol–water partition coefficient (Wildman–Crippen LogP) is 4.43. The molecule has 0 saturated heterocycles. The summed E-state index contributed by atoms with van der Waals surface area (Å²) < 4.78 is 0. The molecule has 0 spiro atoms. The van der Waals surface area contributed by atoms with Gasteiger partial charge in [0.15, 0.2) is 0 Å². The van der Waals surface area contributed by atoms with Crippen molar-refractivity contribution in [1.29, 1.82) is 0 Å². The lowest BCUT2D eigenvalue weighted by Gasteiger charge is -2.17. The summed E-state index contributed by atoms with van der Waals surface area (Å²) in [6, 6.07) is 4.62. The standard InChI is InChI=1S/C18H31N/c1-13(2)12-19-8-7-14(3)11-18-16(5)9-15(4)10-17(18)6/h9-10,13-14,19H,7-8,11-12H2,1-6H3. The molecule has 0 aliphatic rings. The van der Waals surface area contributed by atoms with E-state index in [-0.39, 0.29) is 0 Å². The Labute approximate surface area is 119 Å². The van der Waals surface area contributed by atoms with Crippen LogP contribution in [0.2, 0.25) is 0 Å². The Kier molecular flexibility index (Phi) is 6.57. The molecule has 0 aliphatic carbocycles. The maximum absolute atomic E-state index is 3.54. The number of aryl methyl sites for hydroxylation is 3. The van der Waals surface area contributed by atoms with Crippen LogP contribution in [0.3, 0.4) is 0 Å². The van der Waals surface area contributed by atoms with E-state index < -0.39 is 0 Å². The predicted molar refractivity (Wildman–Crippen MR) is 85.8 cm³/mol. The first-order valence-corrected chi connectivity index (χ1v) is 7.67. The monoisotopic (exact) mass is 261 g/mol. The first kappa shape index (κ1) is 16.2. The van der Waals surface area contributed by atoms with E-state index in [0.717, 1.165) is 24.9 Å². The second-order valence-electron chi connectivity index (χ2n) is 6.57. The first-order valence-electron chi connectivity index (χ1n) is 7.67. The summed E-state index contributed by atoms with van der Waals surface area (Å²) in [5.74, 6) is 1.50. The van der Waals surface area contributed by atoms with Crippen molar-refractivity contribution in [2.45, 2.75) is 54.4 Å². The van der Waals surface area contributed by atoms with Gasteiger partial charge < -0.3 is 5.32 Å². The molecule has 1 atom stereocenters. The van der Waals surface area contributed by atoms with Gasteiger partial charge in [0, 0.05) is 0 Å². The van der Waals surface area contributed by atoms with E-state index in [0.29, 0.717) is 0 Å². The fourth-order valence-corrected chi connectivity index (χ4v) is 2.72. The molecule has 108 valence electrons. The summed E-state index contributed by atoms with van der Waals surface area (Å²) in [6.45, 7) is 15.8. The Bertz CT molecular complexity index is 370. The Morgan fingerprint density at radius 1 is 1.00 bits per heavy atom. The maximum Gasteiger partial charge on any atom is -0.00258 e. The summed E-state index contributed by atoms with van der Waals surface area (Å²) in [6.07, 6.45) is 2.47. The molecule has 0 aromatic heterocycles. The lowest BCUT2D eigenvalue weighted by Crippen LogP contribution is -2.22. The molecule has 0 saturated carbocycles. The Morgan fingerprint density at radius 3 is 2.11 bits per heavy atom. The number of hydrogen-bond acceptors (Lipinski definition) is 1. The van der Waals surface area contributed by atoms with Crippen LogP contribution in [-0.2, 0) is 6.42 Å². The van der Waals surface area contributed by atoms with Crippen molar-refractivity contribution in [2.24, 2.45) is 11.8 Å². The molecule has 0 bridgehead atoms. The number of nitrogens with one attached hydrogen (secondary N) is 1. The van der Waals surface area contributed by atoms with Crippen molar-refractivity contribution in [3.8, 4) is 0 Å². The third kappa shape index (κ3) is 5.78. The van der Waals surface area contributed by atoms with Crippen LogP contribution in [-0.4, -0.2) is 13.1 Å². The SMILES string of the molecule is Cc1cc(C)c(CC(C)CCNCC(C)C)c(C)c1. The van der Waals surface area contributed by atoms with Crippen LogP contribution in [0.1, 0.15) is 49.4 Å². The van der Waals surface area contributed by atoms with E-state index >= 15 is 0 Å². The molecule has 0 amide bonds.